The van der Waals surface area contributed by atoms with Gasteiger partial charge in [-0.1, -0.05) is 66.7 Å². The van der Waals surface area contributed by atoms with Gasteiger partial charge in [0.15, 0.2) is 6.10 Å². The molecule has 0 bridgehead atoms. The van der Waals surface area contributed by atoms with Crippen molar-refractivity contribution in [3.05, 3.63) is 107 Å². The van der Waals surface area contributed by atoms with E-state index in [1.807, 2.05) is 60.7 Å². The van der Waals surface area contributed by atoms with Crippen LogP contribution in [0.3, 0.4) is 0 Å². The van der Waals surface area contributed by atoms with E-state index >= 15 is 0 Å². The summed E-state index contributed by atoms with van der Waals surface area (Å²) >= 11 is 1.40. The van der Waals surface area contributed by atoms with Crippen molar-refractivity contribution in [1.82, 2.24) is 15.1 Å². The minimum Gasteiger partial charge on any atom is -0.448 e. The van der Waals surface area contributed by atoms with E-state index in [2.05, 4.69) is 11.9 Å². The summed E-state index contributed by atoms with van der Waals surface area (Å²) in [7, 11) is 0. The van der Waals surface area contributed by atoms with Gasteiger partial charge >= 0.3 is 12.1 Å². The molecule has 0 radical (unpaired) electrons. The number of hydrogen-bond donors (Lipinski definition) is 1. The smallest absolute Gasteiger partial charge is 0.408 e. The molecule has 10 heteroatoms. The minimum absolute atomic E-state index is 0.0790. The average Bonchev–Trinajstić information content (AvgIpc) is 3.32. The molecule has 2 aromatic rings. The Morgan fingerprint density at radius 3 is 2.28 bits per heavy atom. The van der Waals surface area contributed by atoms with E-state index in [9.17, 15) is 19.2 Å². The monoisotopic (exact) mass is 601 g/mol. The summed E-state index contributed by atoms with van der Waals surface area (Å²) < 4.78 is 11.5. The van der Waals surface area contributed by atoms with Gasteiger partial charge in [0.25, 0.3) is 5.91 Å². The molecule has 0 saturated carbocycles. The average molecular weight is 602 g/mol. The summed E-state index contributed by atoms with van der Waals surface area (Å²) in [6, 6.07) is 17.9. The molecule has 3 amide bonds. The summed E-state index contributed by atoms with van der Waals surface area (Å²) in [5.74, 6) is -0.927. The Bertz CT molecular complexity index is 1440. The number of β-lactam (4-membered cyclic amide) rings is 1. The van der Waals surface area contributed by atoms with Crippen molar-refractivity contribution < 1.29 is 28.7 Å². The first-order chi connectivity index (χ1) is 20.6. The van der Waals surface area contributed by atoms with Crippen molar-refractivity contribution in [2.75, 3.05) is 18.8 Å². The molecule has 2 atom stereocenters. The summed E-state index contributed by atoms with van der Waals surface area (Å²) in [5, 5.41) is 2.12. The summed E-state index contributed by atoms with van der Waals surface area (Å²) in [6.07, 6.45) is 2.47. The number of carbonyl (C=O) groups is 4. The second-order valence-corrected chi connectivity index (χ2v) is 12.6. The van der Waals surface area contributed by atoms with Crippen LogP contribution in [0.1, 0.15) is 44.4 Å². The quantitative estimate of drug-likeness (QED) is 0.202. The molecule has 0 spiro atoms. The SMILES string of the molecule is C=CCN1CC/C(=C\C2=C(C(=O)OC(c3ccccc3)c3ccccc3)N3C(=O)[C@@H](NC(=O)OC(C)(C)C)[C@H]3SC2)C1=O. The van der Waals surface area contributed by atoms with Crippen LogP contribution >= 0.6 is 11.8 Å². The number of allylic oxidation sites excluding steroid dienone is 1. The number of rotatable bonds is 8. The van der Waals surface area contributed by atoms with Gasteiger partial charge < -0.3 is 19.7 Å². The van der Waals surface area contributed by atoms with Crippen LogP contribution in [-0.4, -0.2) is 69.5 Å². The Balaban J connectivity index is 1.49. The Hall–Kier alpha value is -4.31. The van der Waals surface area contributed by atoms with Crippen molar-refractivity contribution in [3.63, 3.8) is 0 Å². The Kier molecular flexibility index (Phi) is 8.77. The number of alkyl carbamates (subject to hydrolysis) is 1. The maximum absolute atomic E-state index is 14.1. The lowest BCUT2D eigenvalue weighted by Crippen LogP contribution is -2.70. The highest BCUT2D eigenvalue weighted by Gasteiger charge is 2.55. The summed E-state index contributed by atoms with van der Waals surface area (Å²) in [5.41, 5.74) is 1.97. The molecular weight excluding hydrogens is 566 g/mol. The Morgan fingerprint density at radius 1 is 1.07 bits per heavy atom. The fourth-order valence-corrected chi connectivity index (χ4v) is 6.57. The number of nitrogens with zero attached hydrogens (tertiary/aromatic N) is 2. The van der Waals surface area contributed by atoms with Gasteiger partial charge in [-0.3, -0.25) is 14.5 Å². The van der Waals surface area contributed by atoms with E-state index in [4.69, 9.17) is 9.47 Å². The van der Waals surface area contributed by atoms with Gasteiger partial charge in [-0.05, 0) is 50.0 Å². The molecule has 3 aliphatic heterocycles. The molecule has 2 saturated heterocycles. The zero-order chi connectivity index (χ0) is 30.7. The van der Waals surface area contributed by atoms with E-state index in [0.717, 1.165) is 11.1 Å². The Morgan fingerprint density at radius 2 is 1.70 bits per heavy atom. The fourth-order valence-electron chi connectivity index (χ4n) is 5.27. The largest absolute Gasteiger partial charge is 0.448 e. The molecule has 3 heterocycles. The Labute approximate surface area is 255 Å². The van der Waals surface area contributed by atoms with E-state index < -0.39 is 41.1 Å². The first-order valence-electron chi connectivity index (χ1n) is 14.2. The third-order valence-electron chi connectivity index (χ3n) is 7.20. The molecule has 1 N–H and O–H groups in total. The minimum atomic E-state index is -0.868. The summed E-state index contributed by atoms with van der Waals surface area (Å²) in [6.45, 7) is 9.92. The standard InChI is InChI=1S/C33H35N3O6S/c1-5-17-35-18-16-23(28(35)37)19-24-20-43-30-25(34-32(40)42-33(2,3)4)29(38)36(30)26(24)31(39)41-27(21-12-8-6-9-13-21)22-14-10-7-11-15-22/h5-15,19,25,27,30H,1,16-18,20H2,2-4H3,(H,34,40)/b23-19+/t25-,30-/m1/s1. The van der Waals surface area contributed by atoms with Crippen LogP contribution in [0.5, 0.6) is 0 Å². The number of nitrogens with one attached hydrogen (secondary N) is 1. The first kappa shape index (κ1) is 30.2. The molecule has 43 heavy (non-hydrogen) atoms. The number of fused-ring (bicyclic) bond motifs is 1. The van der Waals surface area contributed by atoms with Gasteiger partial charge in [0.05, 0.1) is 0 Å². The highest BCUT2D eigenvalue weighted by Crippen LogP contribution is 2.42. The highest BCUT2D eigenvalue weighted by molar-refractivity contribution is 8.00. The lowest BCUT2D eigenvalue weighted by atomic mass is 10.00. The fraction of sp³-hybridized carbons (Fsp3) is 0.333. The molecule has 2 aromatic carbocycles. The van der Waals surface area contributed by atoms with Crippen molar-refractivity contribution in [3.8, 4) is 0 Å². The number of benzene rings is 2. The molecule has 224 valence electrons. The van der Waals surface area contributed by atoms with Crippen LogP contribution in [0.4, 0.5) is 4.79 Å². The van der Waals surface area contributed by atoms with Crippen LogP contribution < -0.4 is 5.32 Å². The van der Waals surface area contributed by atoms with Crippen LogP contribution in [0.25, 0.3) is 0 Å². The van der Waals surface area contributed by atoms with Gasteiger partial charge in [-0.25, -0.2) is 9.59 Å². The third kappa shape index (κ3) is 6.54. The lowest BCUT2D eigenvalue weighted by Gasteiger charge is -2.49. The van der Waals surface area contributed by atoms with Crippen LogP contribution in [0, 0.1) is 0 Å². The van der Waals surface area contributed by atoms with Crippen molar-refractivity contribution in [2.45, 2.75) is 50.3 Å². The molecule has 9 nitrogen and oxygen atoms in total. The predicted octanol–water partition coefficient (Wildman–Crippen LogP) is 4.73. The van der Waals surface area contributed by atoms with E-state index in [1.165, 1.54) is 16.7 Å². The molecule has 0 unspecified atom stereocenters. The molecule has 3 aliphatic rings. The van der Waals surface area contributed by atoms with Crippen LogP contribution in [-0.2, 0) is 23.9 Å². The van der Waals surface area contributed by atoms with E-state index in [1.54, 1.807) is 37.8 Å². The molecular formula is C33H35N3O6S. The zero-order valence-electron chi connectivity index (χ0n) is 24.4. The number of hydrogen-bond acceptors (Lipinski definition) is 7. The molecule has 0 aliphatic carbocycles. The number of ether oxygens (including phenoxy) is 2. The van der Waals surface area contributed by atoms with Crippen molar-refractivity contribution in [1.29, 1.82) is 0 Å². The normalized spacial score (nSPS) is 21.1. The van der Waals surface area contributed by atoms with E-state index in [-0.39, 0.29) is 11.6 Å². The van der Waals surface area contributed by atoms with E-state index in [0.29, 0.717) is 36.4 Å². The molecule has 5 rings (SSSR count). The maximum atomic E-state index is 14.1. The first-order valence-corrected chi connectivity index (χ1v) is 15.2. The second-order valence-electron chi connectivity index (χ2n) is 11.5. The maximum Gasteiger partial charge on any atom is 0.408 e. The van der Waals surface area contributed by atoms with Gasteiger partial charge in [0.1, 0.15) is 22.7 Å². The topological polar surface area (TPSA) is 105 Å². The zero-order valence-corrected chi connectivity index (χ0v) is 25.3. The number of carbonyl (C=O) groups excluding carboxylic acids is 4. The number of thioether (sulfide) groups is 1. The van der Waals surface area contributed by atoms with Crippen molar-refractivity contribution in [2.24, 2.45) is 0 Å². The third-order valence-corrected chi connectivity index (χ3v) is 8.51. The van der Waals surface area contributed by atoms with Gasteiger partial charge in [0.2, 0.25) is 5.91 Å². The number of amides is 3. The summed E-state index contributed by atoms with van der Waals surface area (Å²) in [4.78, 5) is 56.2. The molecule has 0 aromatic heterocycles. The lowest BCUT2D eigenvalue weighted by molar-refractivity contribution is -0.153. The number of esters is 1. The van der Waals surface area contributed by atoms with Crippen LogP contribution in [0.15, 0.2) is 96.2 Å². The van der Waals surface area contributed by atoms with Gasteiger partial charge in [-0.2, -0.15) is 0 Å². The van der Waals surface area contributed by atoms with Gasteiger partial charge in [-0.15, -0.1) is 18.3 Å². The molecule has 2 fully saturated rings. The van der Waals surface area contributed by atoms with Gasteiger partial charge in [0, 0.05) is 24.4 Å². The van der Waals surface area contributed by atoms with Crippen LogP contribution in [0.2, 0.25) is 0 Å². The predicted molar refractivity (Wildman–Crippen MR) is 164 cm³/mol. The van der Waals surface area contributed by atoms with Crippen molar-refractivity contribution >= 4 is 35.6 Å². The number of likely N-dealkylation sites (tertiary alicyclic amines) is 1. The highest BCUT2D eigenvalue weighted by atomic mass is 32.2. The second kappa shape index (κ2) is 12.5.